The third kappa shape index (κ3) is 4.00. The number of aromatic nitrogens is 1. The summed E-state index contributed by atoms with van der Waals surface area (Å²) in [6, 6.07) is 3.87. The highest BCUT2D eigenvalue weighted by Gasteiger charge is 2.41. The molecular formula is C17H26N4O2. The van der Waals surface area contributed by atoms with Crippen molar-refractivity contribution in [3.8, 4) is 0 Å². The number of carbonyl (C=O) groups is 1. The highest BCUT2D eigenvalue weighted by Crippen LogP contribution is 2.34. The summed E-state index contributed by atoms with van der Waals surface area (Å²) in [6.07, 6.45) is 4.80. The van der Waals surface area contributed by atoms with E-state index in [0.29, 0.717) is 18.4 Å². The van der Waals surface area contributed by atoms with Crippen molar-refractivity contribution in [2.45, 2.75) is 19.1 Å². The summed E-state index contributed by atoms with van der Waals surface area (Å²) in [4.78, 5) is 20.6. The number of likely N-dealkylation sites (N-methyl/N-ethyl adjacent to an activating group) is 1. The molecule has 6 heteroatoms. The van der Waals surface area contributed by atoms with E-state index >= 15 is 0 Å². The van der Waals surface area contributed by atoms with E-state index < -0.39 is 0 Å². The van der Waals surface area contributed by atoms with E-state index in [4.69, 9.17) is 4.74 Å². The number of piperidine rings is 1. The van der Waals surface area contributed by atoms with Crippen molar-refractivity contribution >= 4 is 6.03 Å². The van der Waals surface area contributed by atoms with Gasteiger partial charge in [-0.15, -0.1) is 0 Å². The zero-order valence-electron chi connectivity index (χ0n) is 13.9. The molecule has 0 radical (unpaired) electrons. The lowest BCUT2D eigenvalue weighted by Gasteiger charge is -2.36. The van der Waals surface area contributed by atoms with E-state index in [2.05, 4.69) is 29.3 Å². The van der Waals surface area contributed by atoms with Gasteiger partial charge in [-0.1, -0.05) is 6.07 Å². The summed E-state index contributed by atoms with van der Waals surface area (Å²) in [5.74, 6) is 1.05. The van der Waals surface area contributed by atoms with Gasteiger partial charge < -0.3 is 19.9 Å². The molecule has 1 aromatic rings. The molecule has 6 nitrogen and oxygen atoms in total. The van der Waals surface area contributed by atoms with Gasteiger partial charge in [-0.25, -0.2) is 4.79 Å². The molecule has 3 heterocycles. The number of likely N-dealkylation sites (tertiary alicyclic amines) is 1. The number of fused-ring (bicyclic) bond motifs is 1. The topological polar surface area (TPSA) is 57.7 Å². The molecule has 2 aliphatic heterocycles. The Labute approximate surface area is 137 Å². The van der Waals surface area contributed by atoms with Gasteiger partial charge in [0.15, 0.2) is 0 Å². The molecule has 2 fully saturated rings. The summed E-state index contributed by atoms with van der Waals surface area (Å²) in [7, 11) is 4.13. The maximum absolute atomic E-state index is 12.4. The van der Waals surface area contributed by atoms with Crippen molar-refractivity contribution in [2.75, 3.05) is 40.3 Å². The zero-order chi connectivity index (χ0) is 16.2. The second-order valence-electron chi connectivity index (χ2n) is 6.81. The van der Waals surface area contributed by atoms with Crippen LogP contribution in [0.2, 0.25) is 0 Å². The van der Waals surface area contributed by atoms with Crippen molar-refractivity contribution in [3.63, 3.8) is 0 Å². The van der Waals surface area contributed by atoms with Gasteiger partial charge >= 0.3 is 6.03 Å². The molecule has 0 spiro atoms. The van der Waals surface area contributed by atoms with Crippen LogP contribution >= 0.6 is 0 Å². The molecular weight excluding hydrogens is 292 g/mol. The fourth-order valence-corrected chi connectivity index (χ4v) is 3.55. The number of carbonyl (C=O) groups excluding carboxylic acids is 1. The largest absolute Gasteiger partial charge is 0.376 e. The van der Waals surface area contributed by atoms with Gasteiger partial charge in [0.05, 0.1) is 12.7 Å². The minimum atomic E-state index is 0.0165. The van der Waals surface area contributed by atoms with Crippen molar-refractivity contribution in [1.29, 1.82) is 0 Å². The Morgan fingerprint density at radius 3 is 3.13 bits per heavy atom. The lowest BCUT2D eigenvalue weighted by Crippen LogP contribution is -2.50. The first-order valence-corrected chi connectivity index (χ1v) is 8.31. The Bertz CT molecular complexity index is 523. The number of hydrogen-bond acceptors (Lipinski definition) is 4. The Kier molecular flexibility index (Phi) is 5.13. The van der Waals surface area contributed by atoms with E-state index in [1.165, 1.54) is 0 Å². The minimum Gasteiger partial charge on any atom is -0.376 e. The molecule has 126 valence electrons. The van der Waals surface area contributed by atoms with Gasteiger partial charge in [-0.2, -0.15) is 0 Å². The van der Waals surface area contributed by atoms with Crippen molar-refractivity contribution in [3.05, 3.63) is 30.1 Å². The Hall–Kier alpha value is -1.66. The van der Waals surface area contributed by atoms with Crippen LogP contribution in [0.25, 0.3) is 0 Å². The van der Waals surface area contributed by atoms with Gasteiger partial charge in [0.25, 0.3) is 0 Å². The van der Waals surface area contributed by atoms with Crippen molar-refractivity contribution in [1.82, 2.24) is 20.1 Å². The Morgan fingerprint density at radius 1 is 1.52 bits per heavy atom. The van der Waals surface area contributed by atoms with Crippen LogP contribution in [0.1, 0.15) is 12.0 Å². The molecule has 2 saturated heterocycles. The zero-order valence-corrected chi connectivity index (χ0v) is 13.9. The van der Waals surface area contributed by atoms with E-state index in [1.807, 2.05) is 17.0 Å². The van der Waals surface area contributed by atoms with E-state index in [9.17, 15) is 4.79 Å². The third-order valence-electron chi connectivity index (χ3n) is 4.81. The molecule has 1 aromatic heterocycles. The fourth-order valence-electron chi connectivity index (χ4n) is 3.55. The summed E-state index contributed by atoms with van der Waals surface area (Å²) < 4.78 is 5.96. The molecule has 0 aromatic carbocycles. The predicted octanol–water partition coefficient (Wildman–Crippen LogP) is 1.19. The average Bonchev–Trinajstić information content (AvgIpc) is 2.95. The molecule has 0 bridgehead atoms. The second kappa shape index (κ2) is 7.27. The number of hydrogen-bond donors (Lipinski definition) is 1. The van der Waals surface area contributed by atoms with E-state index in [-0.39, 0.29) is 12.1 Å². The first-order chi connectivity index (χ1) is 11.1. The smallest absolute Gasteiger partial charge is 0.317 e. The van der Waals surface area contributed by atoms with Crippen molar-refractivity contribution in [2.24, 2.45) is 11.8 Å². The van der Waals surface area contributed by atoms with Gasteiger partial charge in [-0.3, -0.25) is 4.98 Å². The van der Waals surface area contributed by atoms with Crippen LogP contribution in [0.15, 0.2) is 24.5 Å². The van der Waals surface area contributed by atoms with Gasteiger partial charge in [0.2, 0.25) is 0 Å². The molecule has 0 aliphatic carbocycles. The molecule has 2 aliphatic rings. The normalized spacial score (nSPS) is 27.1. The predicted molar refractivity (Wildman–Crippen MR) is 87.9 cm³/mol. The third-order valence-corrected chi connectivity index (χ3v) is 4.81. The second-order valence-corrected chi connectivity index (χ2v) is 6.81. The standard InChI is InChI=1S/C17H26N4O2/c1-20(2)11-16-15-10-21(7-5-14(15)12-23-16)17(22)19-9-13-4-3-6-18-8-13/h3-4,6,8,14-16H,5,7,9-12H2,1-2H3,(H,19,22)/t14-,15-,16+/m1/s1. The Morgan fingerprint density at radius 2 is 2.39 bits per heavy atom. The SMILES string of the molecule is CN(C)C[C@@H]1OC[C@H]2CCN(C(=O)NCc3cccnc3)C[C@H]21. The number of pyridine rings is 1. The van der Waals surface area contributed by atoms with Gasteiger partial charge in [0.1, 0.15) is 0 Å². The number of amides is 2. The fraction of sp³-hybridized carbons (Fsp3) is 0.647. The Balaban J connectivity index is 1.53. The van der Waals surface area contributed by atoms with Crippen LogP contribution in [0.4, 0.5) is 4.79 Å². The quantitative estimate of drug-likeness (QED) is 0.906. The molecule has 3 rings (SSSR count). The first kappa shape index (κ1) is 16.2. The van der Waals surface area contributed by atoms with Crippen LogP contribution in [-0.4, -0.2) is 67.3 Å². The monoisotopic (exact) mass is 318 g/mol. The highest BCUT2D eigenvalue weighted by molar-refractivity contribution is 5.74. The van der Waals surface area contributed by atoms with Crippen LogP contribution in [0.3, 0.4) is 0 Å². The highest BCUT2D eigenvalue weighted by atomic mass is 16.5. The summed E-state index contributed by atoms with van der Waals surface area (Å²) >= 11 is 0. The number of rotatable bonds is 4. The lowest BCUT2D eigenvalue weighted by atomic mass is 9.84. The van der Waals surface area contributed by atoms with Crippen molar-refractivity contribution < 1.29 is 9.53 Å². The van der Waals surface area contributed by atoms with Gasteiger partial charge in [0, 0.05) is 44.5 Å². The van der Waals surface area contributed by atoms with Crippen LogP contribution in [0.5, 0.6) is 0 Å². The number of ether oxygens (including phenoxy) is 1. The lowest BCUT2D eigenvalue weighted by molar-refractivity contribution is 0.0599. The first-order valence-electron chi connectivity index (χ1n) is 8.31. The maximum Gasteiger partial charge on any atom is 0.317 e. The van der Waals surface area contributed by atoms with Crippen LogP contribution in [0, 0.1) is 11.8 Å². The number of nitrogens with one attached hydrogen (secondary N) is 1. The molecule has 1 N–H and O–H groups in total. The molecule has 3 atom stereocenters. The molecule has 2 amide bonds. The van der Waals surface area contributed by atoms with Gasteiger partial charge in [-0.05, 0) is 38.1 Å². The average molecular weight is 318 g/mol. The number of nitrogens with zero attached hydrogens (tertiary/aromatic N) is 3. The molecule has 23 heavy (non-hydrogen) atoms. The number of urea groups is 1. The van der Waals surface area contributed by atoms with E-state index in [0.717, 1.165) is 38.2 Å². The molecule has 0 saturated carbocycles. The van der Waals surface area contributed by atoms with Crippen LogP contribution < -0.4 is 5.32 Å². The summed E-state index contributed by atoms with van der Waals surface area (Å²) in [5, 5.41) is 3.00. The van der Waals surface area contributed by atoms with E-state index in [1.54, 1.807) is 12.4 Å². The van der Waals surface area contributed by atoms with Crippen LogP contribution in [-0.2, 0) is 11.3 Å². The molecule has 0 unspecified atom stereocenters. The summed E-state index contributed by atoms with van der Waals surface area (Å²) in [6.45, 7) is 3.90. The maximum atomic E-state index is 12.4. The minimum absolute atomic E-state index is 0.0165. The summed E-state index contributed by atoms with van der Waals surface area (Å²) in [5.41, 5.74) is 1.02.